The molecule has 0 aromatic heterocycles. The van der Waals surface area contributed by atoms with Gasteiger partial charge in [-0.15, -0.1) is 0 Å². The second-order valence-corrected chi connectivity index (χ2v) is 10.6. The van der Waals surface area contributed by atoms with Gasteiger partial charge in [-0.3, -0.25) is 0 Å². The Bertz CT molecular complexity index is 556. The van der Waals surface area contributed by atoms with E-state index in [1.54, 1.807) is 0 Å². The lowest BCUT2D eigenvalue weighted by molar-refractivity contribution is -0.262. The molecule has 4 nitrogen and oxygen atoms in total. The second kappa shape index (κ2) is 6.97. The Morgan fingerprint density at radius 1 is 0.963 bits per heavy atom. The molecule has 8 unspecified atom stereocenters. The van der Waals surface area contributed by atoms with E-state index in [0.717, 1.165) is 32.1 Å². The van der Waals surface area contributed by atoms with E-state index in [2.05, 4.69) is 27.7 Å². The zero-order valence-corrected chi connectivity index (χ0v) is 18.3. The van der Waals surface area contributed by atoms with E-state index >= 15 is 0 Å². The number of aliphatic hydroxyl groups is 3. The van der Waals surface area contributed by atoms with Crippen molar-refractivity contribution in [2.45, 2.75) is 104 Å². The number of nitrogens with two attached hydrogens (primary N) is 1. The van der Waals surface area contributed by atoms with Crippen molar-refractivity contribution in [3.05, 3.63) is 0 Å². The summed E-state index contributed by atoms with van der Waals surface area (Å²) in [5.74, 6) is 1.96. The Hall–Kier alpha value is -0.160. The summed E-state index contributed by atoms with van der Waals surface area (Å²) in [7, 11) is 0. The molecule has 0 radical (unpaired) electrons. The van der Waals surface area contributed by atoms with Crippen molar-refractivity contribution in [3.8, 4) is 0 Å². The maximum atomic E-state index is 11.8. The molecule has 0 bridgehead atoms. The van der Waals surface area contributed by atoms with E-state index in [1.807, 2.05) is 13.8 Å². The average Bonchev–Trinajstić information content (AvgIpc) is 2.87. The molecule has 4 aliphatic rings. The minimum Gasteiger partial charge on any atom is -0.393 e. The minimum absolute atomic E-state index is 0.0748. The molecule has 4 fully saturated rings. The van der Waals surface area contributed by atoms with Crippen molar-refractivity contribution in [1.29, 1.82) is 0 Å². The molecule has 0 heterocycles. The van der Waals surface area contributed by atoms with E-state index in [4.69, 9.17) is 5.73 Å². The summed E-state index contributed by atoms with van der Waals surface area (Å²) in [5.41, 5.74) is 5.31. The highest BCUT2D eigenvalue weighted by molar-refractivity contribution is 5.18. The number of rotatable bonds is 0. The van der Waals surface area contributed by atoms with Gasteiger partial charge in [0.15, 0.2) is 0 Å². The van der Waals surface area contributed by atoms with Crippen molar-refractivity contribution in [3.63, 3.8) is 0 Å². The first-order chi connectivity index (χ1) is 12.6. The van der Waals surface area contributed by atoms with Gasteiger partial charge in [-0.05, 0) is 72.5 Å². The van der Waals surface area contributed by atoms with Gasteiger partial charge in [0.1, 0.15) is 0 Å². The van der Waals surface area contributed by atoms with Gasteiger partial charge < -0.3 is 21.1 Å². The highest BCUT2D eigenvalue weighted by Crippen LogP contribution is 2.69. The zero-order chi connectivity index (χ0) is 20.4. The van der Waals surface area contributed by atoms with Crippen molar-refractivity contribution < 1.29 is 15.3 Å². The lowest BCUT2D eigenvalue weighted by Gasteiger charge is -2.67. The molecule has 0 saturated heterocycles. The number of aliphatic hydroxyl groups excluding tert-OH is 2. The summed E-state index contributed by atoms with van der Waals surface area (Å²) >= 11 is 0. The van der Waals surface area contributed by atoms with Crippen LogP contribution in [0.1, 0.15) is 80.1 Å². The molecular formula is C23H43NO3. The first-order valence-electron chi connectivity index (χ1n) is 11.4. The summed E-state index contributed by atoms with van der Waals surface area (Å²) in [6.45, 7) is 13.0. The Kier molecular flexibility index (Phi) is 5.56. The van der Waals surface area contributed by atoms with Gasteiger partial charge in [-0.2, -0.15) is 0 Å². The Labute approximate surface area is 165 Å². The highest BCUT2D eigenvalue weighted by atomic mass is 16.3. The van der Waals surface area contributed by atoms with Gasteiger partial charge in [0.05, 0.1) is 17.8 Å². The lowest BCUT2D eigenvalue weighted by Crippen LogP contribution is -2.68. The van der Waals surface area contributed by atoms with Crippen LogP contribution < -0.4 is 5.73 Å². The van der Waals surface area contributed by atoms with Crippen LogP contribution >= 0.6 is 0 Å². The highest BCUT2D eigenvalue weighted by Gasteiger charge is 2.69. The fraction of sp³-hybridized carbons (Fsp3) is 1.00. The Morgan fingerprint density at radius 3 is 2.22 bits per heavy atom. The first kappa shape index (κ1) is 21.5. The quantitative estimate of drug-likeness (QED) is 0.518. The molecule has 0 spiro atoms. The fourth-order valence-electron chi connectivity index (χ4n) is 8.10. The summed E-state index contributed by atoms with van der Waals surface area (Å²) < 4.78 is 0. The molecule has 0 aromatic carbocycles. The van der Waals surface area contributed by atoms with Crippen LogP contribution in [-0.2, 0) is 0 Å². The molecule has 0 aliphatic heterocycles. The maximum absolute atomic E-state index is 11.8. The van der Waals surface area contributed by atoms with Crippen molar-refractivity contribution in [2.24, 2.45) is 46.2 Å². The molecule has 4 aliphatic carbocycles. The van der Waals surface area contributed by atoms with Gasteiger partial charge in [0.2, 0.25) is 0 Å². The van der Waals surface area contributed by atoms with E-state index in [9.17, 15) is 15.3 Å². The number of hydrogen-bond donors (Lipinski definition) is 4. The third-order valence-electron chi connectivity index (χ3n) is 9.88. The van der Waals surface area contributed by atoms with Crippen LogP contribution in [0.5, 0.6) is 0 Å². The molecule has 0 amide bonds. The topological polar surface area (TPSA) is 86.7 Å². The van der Waals surface area contributed by atoms with E-state index in [-0.39, 0.29) is 28.9 Å². The maximum Gasteiger partial charge on any atom is 0.0756 e. The fourth-order valence-corrected chi connectivity index (χ4v) is 8.10. The van der Waals surface area contributed by atoms with Crippen LogP contribution in [0.3, 0.4) is 0 Å². The van der Waals surface area contributed by atoms with Gasteiger partial charge in [0.25, 0.3) is 0 Å². The van der Waals surface area contributed by atoms with Gasteiger partial charge in [-0.25, -0.2) is 0 Å². The lowest BCUT2D eigenvalue weighted by atomic mass is 9.39. The molecule has 4 heteroatoms. The summed E-state index contributed by atoms with van der Waals surface area (Å²) in [6.07, 6.45) is 4.42. The van der Waals surface area contributed by atoms with Crippen molar-refractivity contribution in [1.82, 2.24) is 0 Å². The second-order valence-electron chi connectivity index (χ2n) is 10.6. The van der Waals surface area contributed by atoms with E-state index < -0.39 is 11.7 Å². The molecule has 158 valence electrons. The third kappa shape index (κ3) is 2.69. The molecule has 11 atom stereocenters. The van der Waals surface area contributed by atoms with Crippen LogP contribution in [0.25, 0.3) is 0 Å². The zero-order valence-electron chi connectivity index (χ0n) is 18.3. The van der Waals surface area contributed by atoms with Crippen molar-refractivity contribution in [2.75, 3.05) is 0 Å². The molecule has 5 N–H and O–H groups in total. The number of hydrogen-bond acceptors (Lipinski definition) is 4. The Morgan fingerprint density at radius 2 is 1.59 bits per heavy atom. The molecular weight excluding hydrogens is 338 g/mol. The largest absolute Gasteiger partial charge is 0.393 e. The third-order valence-corrected chi connectivity index (χ3v) is 9.88. The standard InChI is InChI=1S/C21H37NO3.C2H6/c1-11-12(2)21(25)10-13(23)5-8-20(21,4)14-6-7-19(3)15(17(11)14)9-16(22)18(19)24;1-2/h11-18,23-25H,5-10,22H2,1-4H3;1-2H3/t11-,12+,13?,14?,15?,16-,17?,18?,19?,20?,21?;/m0./s1. The monoisotopic (exact) mass is 381 g/mol. The SMILES string of the molecule is CC.C[C@@H]1C2C3C[C@H](N)C(O)C3(C)CCC2C2(C)CCC(O)CC2(O)[C@@H]1C. The minimum atomic E-state index is -0.779. The van der Waals surface area contributed by atoms with Crippen LogP contribution in [-0.4, -0.2) is 39.2 Å². The van der Waals surface area contributed by atoms with E-state index in [1.165, 1.54) is 0 Å². The van der Waals surface area contributed by atoms with Gasteiger partial charge >= 0.3 is 0 Å². The molecule has 0 aromatic rings. The summed E-state index contributed by atoms with van der Waals surface area (Å²) in [4.78, 5) is 0. The van der Waals surface area contributed by atoms with Crippen LogP contribution in [0.4, 0.5) is 0 Å². The van der Waals surface area contributed by atoms with Crippen LogP contribution in [0, 0.1) is 40.4 Å². The normalized spacial score (nSPS) is 59.8. The summed E-state index contributed by atoms with van der Waals surface area (Å²) in [5, 5.41) is 32.8. The molecule has 4 saturated carbocycles. The van der Waals surface area contributed by atoms with Crippen molar-refractivity contribution >= 4 is 0 Å². The molecule has 27 heavy (non-hydrogen) atoms. The van der Waals surface area contributed by atoms with Gasteiger partial charge in [0, 0.05) is 12.5 Å². The number of fused-ring (bicyclic) bond motifs is 5. The predicted octanol–water partition coefficient (Wildman–Crippen LogP) is 3.32. The van der Waals surface area contributed by atoms with E-state index in [0.29, 0.717) is 30.1 Å². The average molecular weight is 382 g/mol. The van der Waals surface area contributed by atoms with Gasteiger partial charge in [-0.1, -0.05) is 41.5 Å². The summed E-state index contributed by atoms with van der Waals surface area (Å²) in [6, 6.07) is -0.113. The molecule has 4 rings (SSSR count). The first-order valence-corrected chi connectivity index (χ1v) is 11.4. The van der Waals surface area contributed by atoms with Crippen LogP contribution in [0.2, 0.25) is 0 Å². The van der Waals surface area contributed by atoms with Crippen LogP contribution in [0.15, 0.2) is 0 Å². The Balaban J connectivity index is 0.00000102. The smallest absolute Gasteiger partial charge is 0.0756 e. The predicted molar refractivity (Wildman–Crippen MR) is 109 cm³/mol.